The van der Waals surface area contributed by atoms with E-state index in [0.717, 1.165) is 0 Å². The van der Waals surface area contributed by atoms with Crippen LogP contribution in [-0.2, 0) is 6.54 Å². The minimum Gasteiger partial charge on any atom is -0.453 e. The van der Waals surface area contributed by atoms with Crippen molar-refractivity contribution in [3.05, 3.63) is 93.5 Å². The fourth-order valence-corrected chi connectivity index (χ4v) is 2.56. The molecule has 8 heteroatoms. The van der Waals surface area contributed by atoms with Crippen molar-refractivity contribution >= 4 is 11.6 Å². The summed E-state index contributed by atoms with van der Waals surface area (Å²) in [6.45, 7) is 1.66. The van der Waals surface area contributed by atoms with Crippen LogP contribution in [0.4, 0.5) is 10.1 Å². The minimum absolute atomic E-state index is 0.0501. The molecule has 28 heavy (non-hydrogen) atoms. The minimum atomic E-state index is -0.568. The molecule has 0 radical (unpaired) electrons. The lowest BCUT2D eigenvalue weighted by atomic mass is 10.1. The lowest BCUT2D eigenvalue weighted by Gasteiger charge is -2.09. The van der Waals surface area contributed by atoms with Gasteiger partial charge in [0.1, 0.15) is 5.75 Å². The summed E-state index contributed by atoms with van der Waals surface area (Å²) in [5, 5.41) is 13.5. The van der Waals surface area contributed by atoms with Gasteiger partial charge in [0.25, 0.3) is 11.6 Å². The molecule has 0 atom stereocenters. The Morgan fingerprint density at radius 3 is 2.71 bits per heavy atom. The van der Waals surface area contributed by atoms with Gasteiger partial charge in [-0.05, 0) is 48.9 Å². The smallest absolute Gasteiger partial charge is 0.272 e. The van der Waals surface area contributed by atoms with Crippen molar-refractivity contribution in [1.29, 1.82) is 0 Å². The van der Waals surface area contributed by atoms with Gasteiger partial charge in [-0.1, -0.05) is 6.07 Å². The number of amides is 1. The van der Waals surface area contributed by atoms with E-state index in [-0.39, 0.29) is 18.0 Å². The third kappa shape index (κ3) is 4.47. The SMILES string of the molecule is Cc1cc(C(=O)NCc2ccc(Oc3cccnc3)c(F)c2)ccc1[N+](=O)[O-]. The van der Waals surface area contributed by atoms with Gasteiger partial charge in [-0.25, -0.2) is 4.39 Å². The van der Waals surface area contributed by atoms with Crippen LogP contribution in [0.1, 0.15) is 21.5 Å². The Morgan fingerprint density at radius 1 is 1.25 bits per heavy atom. The van der Waals surface area contributed by atoms with Crippen LogP contribution >= 0.6 is 0 Å². The number of benzene rings is 2. The van der Waals surface area contributed by atoms with Crippen LogP contribution in [0.25, 0.3) is 0 Å². The second kappa shape index (κ2) is 8.26. The summed E-state index contributed by atoms with van der Waals surface area (Å²) in [5.74, 6) is -0.513. The molecule has 2 aromatic carbocycles. The molecule has 1 amide bonds. The number of hydrogen-bond acceptors (Lipinski definition) is 5. The lowest BCUT2D eigenvalue weighted by Crippen LogP contribution is -2.23. The quantitative estimate of drug-likeness (QED) is 0.511. The van der Waals surface area contributed by atoms with Crippen LogP contribution in [0, 0.1) is 22.9 Å². The molecule has 0 aliphatic heterocycles. The molecule has 0 unspecified atom stereocenters. The van der Waals surface area contributed by atoms with Crippen molar-refractivity contribution in [2.45, 2.75) is 13.5 Å². The van der Waals surface area contributed by atoms with Crippen LogP contribution in [-0.4, -0.2) is 15.8 Å². The number of rotatable bonds is 6. The fourth-order valence-electron chi connectivity index (χ4n) is 2.56. The highest BCUT2D eigenvalue weighted by Gasteiger charge is 2.14. The van der Waals surface area contributed by atoms with Crippen molar-refractivity contribution in [2.24, 2.45) is 0 Å². The maximum atomic E-state index is 14.2. The number of nitro benzene ring substituents is 1. The van der Waals surface area contributed by atoms with Crippen LogP contribution in [0.15, 0.2) is 60.9 Å². The van der Waals surface area contributed by atoms with Crippen molar-refractivity contribution in [3.63, 3.8) is 0 Å². The number of carbonyl (C=O) groups is 1. The first-order valence-electron chi connectivity index (χ1n) is 8.33. The van der Waals surface area contributed by atoms with Crippen molar-refractivity contribution in [1.82, 2.24) is 10.3 Å². The Hall–Kier alpha value is -3.81. The van der Waals surface area contributed by atoms with Crippen LogP contribution in [0.2, 0.25) is 0 Å². The summed E-state index contributed by atoms with van der Waals surface area (Å²) < 4.78 is 19.7. The number of hydrogen-bond donors (Lipinski definition) is 1. The Balaban J connectivity index is 1.64. The zero-order chi connectivity index (χ0) is 20.1. The van der Waals surface area contributed by atoms with Crippen molar-refractivity contribution < 1.29 is 18.8 Å². The van der Waals surface area contributed by atoms with Crippen molar-refractivity contribution in [3.8, 4) is 11.5 Å². The van der Waals surface area contributed by atoms with Gasteiger partial charge in [0.15, 0.2) is 11.6 Å². The Kier molecular flexibility index (Phi) is 5.59. The van der Waals surface area contributed by atoms with Gasteiger partial charge in [0.05, 0.1) is 11.1 Å². The molecule has 0 aliphatic rings. The number of ether oxygens (including phenoxy) is 1. The molecule has 0 aliphatic carbocycles. The molecule has 0 fully saturated rings. The first kappa shape index (κ1) is 19.0. The summed E-state index contributed by atoms with van der Waals surface area (Å²) in [4.78, 5) is 26.5. The maximum absolute atomic E-state index is 14.2. The number of aromatic nitrogens is 1. The van der Waals surface area contributed by atoms with Gasteiger partial charge >= 0.3 is 0 Å². The number of pyridine rings is 1. The van der Waals surface area contributed by atoms with Gasteiger partial charge in [-0.2, -0.15) is 0 Å². The van der Waals surface area contributed by atoms with Crippen molar-refractivity contribution in [2.75, 3.05) is 0 Å². The molecule has 7 nitrogen and oxygen atoms in total. The number of nitrogens with one attached hydrogen (secondary N) is 1. The topological polar surface area (TPSA) is 94.4 Å². The molecular formula is C20H16FN3O4. The molecule has 142 valence electrons. The van der Waals surface area contributed by atoms with E-state index < -0.39 is 16.6 Å². The standard InChI is InChI=1S/C20H16FN3O4/c1-13-9-15(5-6-18(13)24(26)27)20(25)23-11-14-4-7-19(17(21)10-14)28-16-3-2-8-22-12-16/h2-10,12H,11H2,1H3,(H,23,25). The van der Waals surface area contributed by atoms with E-state index in [0.29, 0.717) is 22.4 Å². The normalized spacial score (nSPS) is 10.4. The van der Waals surface area contributed by atoms with E-state index in [2.05, 4.69) is 10.3 Å². The highest BCUT2D eigenvalue weighted by atomic mass is 19.1. The largest absolute Gasteiger partial charge is 0.453 e. The molecule has 0 saturated heterocycles. The molecule has 1 heterocycles. The summed E-state index contributed by atoms with van der Waals surface area (Å²) >= 11 is 0. The first-order valence-corrected chi connectivity index (χ1v) is 8.33. The summed E-state index contributed by atoms with van der Waals surface area (Å²) in [6, 6.07) is 11.8. The highest BCUT2D eigenvalue weighted by molar-refractivity contribution is 5.94. The molecule has 0 spiro atoms. The average molecular weight is 381 g/mol. The summed E-state index contributed by atoms with van der Waals surface area (Å²) in [5.41, 5.74) is 1.17. The molecule has 3 rings (SSSR count). The van der Waals surface area contributed by atoms with Gasteiger partial charge in [0.2, 0.25) is 0 Å². The van der Waals surface area contributed by atoms with Gasteiger partial charge in [0, 0.05) is 29.9 Å². The number of nitrogens with zero attached hydrogens (tertiary/aromatic N) is 2. The highest BCUT2D eigenvalue weighted by Crippen LogP contribution is 2.24. The Morgan fingerprint density at radius 2 is 2.07 bits per heavy atom. The van der Waals surface area contributed by atoms with E-state index in [1.54, 1.807) is 31.3 Å². The molecule has 1 aromatic heterocycles. The number of aryl methyl sites for hydroxylation is 1. The average Bonchev–Trinajstić information content (AvgIpc) is 2.68. The Labute approximate surface area is 160 Å². The summed E-state index contributed by atoms with van der Waals surface area (Å²) in [6.07, 6.45) is 3.06. The lowest BCUT2D eigenvalue weighted by molar-refractivity contribution is -0.385. The number of carbonyl (C=O) groups excluding carboxylic acids is 1. The van der Waals surface area contributed by atoms with Crippen LogP contribution in [0.5, 0.6) is 11.5 Å². The third-order valence-corrected chi connectivity index (χ3v) is 3.97. The van der Waals surface area contributed by atoms with Crippen LogP contribution < -0.4 is 10.1 Å². The van der Waals surface area contributed by atoms with E-state index in [4.69, 9.17) is 4.74 Å². The molecule has 0 saturated carbocycles. The first-order chi connectivity index (χ1) is 13.4. The monoisotopic (exact) mass is 381 g/mol. The Bertz CT molecular complexity index is 1030. The molecular weight excluding hydrogens is 365 g/mol. The third-order valence-electron chi connectivity index (χ3n) is 3.97. The van der Waals surface area contributed by atoms with E-state index >= 15 is 0 Å². The van der Waals surface area contributed by atoms with Gasteiger partial charge in [-0.3, -0.25) is 19.9 Å². The predicted molar refractivity (Wildman–Crippen MR) is 99.7 cm³/mol. The zero-order valence-electron chi connectivity index (χ0n) is 14.9. The molecule has 1 N–H and O–H groups in total. The van der Waals surface area contributed by atoms with Crippen LogP contribution in [0.3, 0.4) is 0 Å². The maximum Gasteiger partial charge on any atom is 0.272 e. The molecule has 0 bridgehead atoms. The van der Waals surface area contributed by atoms with E-state index in [9.17, 15) is 19.3 Å². The second-order valence-electron chi connectivity index (χ2n) is 6.00. The van der Waals surface area contributed by atoms with E-state index in [1.807, 2.05) is 0 Å². The number of nitro groups is 1. The molecule has 3 aromatic rings. The van der Waals surface area contributed by atoms with Gasteiger partial charge < -0.3 is 10.1 Å². The number of halogens is 1. The fraction of sp³-hybridized carbons (Fsp3) is 0.100. The van der Waals surface area contributed by atoms with Gasteiger partial charge in [-0.15, -0.1) is 0 Å². The second-order valence-corrected chi connectivity index (χ2v) is 6.00. The van der Waals surface area contributed by atoms with E-state index in [1.165, 1.54) is 36.5 Å². The predicted octanol–water partition coefficient (Wildman–Crippen LogP) is 4.16. The zero-order valence-corrected chi connectivity index (χ0v) is 14.9. The summed E-state index contributed by atoms with van der Waals surface area (Å²) in [7, 11) is 0.